The molecule has 0 heterocycles. The molecule has 8 nitrogen and oxygen atoms in total. The van der Waals surface area contributed by atoms with E-state index in [0.717, 1.165) is 0 Å². The molecular weight excluding hydrogens is 350 g/mol. The standard InChI is InChI=1S/C19H19N3O5/c23-12-6-11-20-19(25)16(21-18(24)14-7-2-1-3-8-14)13-15-9-4-5-10-17(15)22(26)27/h1-5,7-10,13,23H,6,11-12H2,(H,20,25)(H,21,24). The van der Waals surface area contributed by atoms with Gasteiger partial charge in [-0.2, -0.15) is 0 Å². The van der Waals surface area contributed by atoms with Crippen molar-refractivity contribution in [2.45, 2.75) is 6.42 Å². The minimum atomic E-state index is -0.606. The lowest BCUT2D eigenvalue weighted by molar-refractivity contribution is -0.385. The predicted molar refractivity (Wildman–Crippen MR) is 99.7 cm³/mol. The number of nitro groups is 1. The van der Waals surface area contributed by atoms with Crippen molar-refractivity contribution in [3.8, 4) is 0 Å². The third kappa shape index (κ3) is 5.75. The summed E-state index contributed by atoms with van der Waals surface area (Å²) in [5, 5.41) is 25.1. The van der Waals surface area contributed by atoms with Crippen molar-refractivity contribution in [2.24, 2.45) is 0 Å². The number of amides is 2. The Morgan fingerprint density at radius 3 is 2.41 bits per heavy atom. The molecule has 2 amide bonds. The van der Waals surface area contributed by atoms with Crippen LogP contribution in [0.3, 0.4) is 0 Å². The molecule has 0 unspecified atom stereocenters. The summed E-state index contributed by atoms with van der Waals surface area (Å²) in [5.74, 6) is -1.12. The second kappa shape index (κ2) is 9.83. The molecular formula is C19H19N3O5. The SMILES string of the molecule is O=C(NCCCO)C(=Cc1ccccc1[N+](=O)[O-])NC(=O)c1ccccc1. The molecule has 140 valence electrons. The molecule has 27 heavy (non-hydrogen) atoms. The summed E-state index contributed by atoms with van der Waals surface area (Å²) in [5.41, 5.74) is 0.209. The van der Waals surface area contributed by atoms with Crippen molar-refractivity contribution in [1.29, 1.82) is 0 Å². The van der Waals surface area contributed by atoms with Crippen LogP contribution in [0.4, 0.5) is 5.69 Å². The van der Waals surface area contributed by atoms with Crippen LogP contribution in [0.5, 0.6) is 0 Å². The molecule has 0 bridgehead atoms. The first-order valence-corrected chi connectivity index (χ1v) is 8.23. The number of aliphatic hydroxyl groups excluding tert-OH is 1. The van der Waals surface area contributed by atoms with Crippen molar-refractivity contribution in [3.05, 3.63) is 81.5 Å². The lowest BCUT2D eigenvalue weighted by atomic mass is 10.1. The highest BCUT2D eigenvalue weighted by atomic mass is 16.6. The highest BCUT2D eigenvalue weighted by Gasteiger charge is 2.17. The van der Waals surface area contributed by atoms with Gasteiger partial charge in [0.25, 0.3) is 17.5 Å². The number of hydrogen-bond acceptors (Lipinski definition) is 5. The first kappa shape index (κ1) is 19.8. The van der Waals surface area contributed by atoms with Gasteiger partial charge in [-0.1, -0.05) is 30.3 Å². The number of carbonyl (C=O) groups is 2. The number of para-hydroxylation sites is 1. The first-order chi connectivity index (χ1) is 13.0. The number of rotatable bonds is 8. The summed E-state index contributed by atoms with van der Waals surface area (Å²) in [6.07, 6.45) is 1.60. The number of carbonyl (C=O) groups excluding carboxylic acids is 2. The van der Waals surface area contributed by atoms with Gasteiger partial charge in [-0.05, 0) is 30.7 Å². The van der Waals surface area contributed by atoms with E-state index in [1.165, 1.54) is 24.3 Å². The number of nitrogens with one attached hydrogen (secondary N) is 2. The van der Waals surface area contributed by atoms with E-state index in [0.29, 0.717) is 12.0 Å². The normalized spacial score (nSPS) is 10.9. The molecule has 0 aliphatic carbocycles. The summed E-state index contributed by atoms with van der Waals surface area (Å²) in [6.45, 7) is 0.102. The third-order valence-corrected chi connectivity index (χ3v) is 3.58. The van der Waals surface area contributed by atoms with E-state index in [-0.39, 0.29) is 30.1 Å². The quantitative estimate of drug-likeness (QED) is 0.284. The van der Waals surface area contributed by atoms with Crippen molar-refractivity contribution < 1.29 is 19.6 Å². The Kier molecular flexibility index (Phi) is 7.21. The molecule has 2 aromatic rings. The molecule has 0 radical (unpaired) electrons. The molecule has 3 N–H and O–H groups in total. The van der Waals surface area contributed by atoms with E-state index >= 15 is 0 Å². The number of aliphatic hydroxyl groups is 1. The Balaban J connectivity index is 2.33. The van der Waals surface area contributed by atoms with Gasteiger partial charge in [-0.3, -0.25) is 19.7 Å². The molecule has 8 heteroatoms. The van der Waals surface area contributed by atoms with Crippen LogP contribution in [0.2, 0.25) is 0 Å². The third-order valence-electron chi connectivity index (χ3n) is 3.58. The minimum absolute atomic E-state index is 0.0974. The molecule has 0 atom stereocenters. The maximum absolute atomic E-state index is 12.4. The minimum Gasteiger partial charge on any atom is -0.396 e. The zero-order valence-corrected chi connectivity index (χ0v) is 14.4. The highest BCUT2D eigenvalue weighted by Crippen LogP contribution is 2.20. The van der Waals surface area contributed by atoms with E-state index in [9.17, 15) is 19.7 Å². The van der Waals surface area contributed by atoms with Gasteiger partial charge in [0, 0.05) is 24.8 Å². The van der Waals surface area contributed by atoms with E-state index in [2.05, 4.69) is 10.6 Å². The van der Waals surface area contributed by atoms with Gasteiger partial charge < -0.3 is 15.7 Å². The Labute approximate surface area is 155 Å². The second-order valence-electron chi connectivity index (χ2n) is 5.53. The van der Waals surface area contributed by atoms with E-state index in [1.54, 1.807) is 36.4 Å². The number of nitro benzene ring substituents is 1. The lowest BCUT2D eigenvalue weighted by Gasteiger charge is -2.11. The molecule has 0 saturated heterocycles. The van der Waals surface area contributed by atoms with Gasteiger partial charge in [0.05, 0.1) is 10.5 Å². The van der Waals surface area contributed by atoms with Crippen LogP contribution in [0, 0.1) is 10.1 Å². The average molecular weight is 369 g/mol. The first-order valence-electron chi connectivity index (χ1n) is 8.23. The largest absolute Gasteiger partial charge is 0.396 e. The Morgan fingerprint density at radius 2 is 1.74 bits per heavy atom. The van der Waals surface area contributed by atoms with Gasteiger partial charge in [0.2, 0.25) is 0 Å². The topological polar surface area (TPSA) is 122 Å². The van der Waals surface area contributed by atoms with Crippen molar-refractivity contribution in [1.82, 2.24) is 10.6 Å². The smallest absolute Gasteiger partial charge is 0.276 e. The van der Waals surface area contributed by atoms with Crippen LogP contribution in [-0.2, 0) is 4.79 Å². The van der Waals surface area contributed by atoms with Gasteiger partial charge in [0.1, 0.15) is 5.70 Å². The van der Waals surface area contributed by atoms with Crippen molar-refractivity contribution in [2.75, 3.05) is 13.2 Å². The molecule has 0 spiro atoms. The summed E-state index contributed by atoms with van der Waals surface area (Å²) in [4.78, 5) is 35.4. The number of nitrogens with zero attached hydrogens (tertiary/aromatic N) is 1. The van der Waals surface area contributed by atoms with Gasteiger partial charge >= 0.3 is 0 Å². The van der Waals surface area contributed by atoms with Crippen molar-refractivity contribution in [3.63, 3.8) is 0 Å². The fraction of sp³-hybridized carbons (Fsp3) is 0.158. The van der Waals surface area contributed by atoms with Crippen LogP contribution in [0.25, 0.3) is 6.08 Å². The predicted octanol–water partition coefficient (Wildman–Crippen LogP) is 1.86. The van der Waals surface area contributed by atoms with E-state index in [1.807, 2.05) is 0 Å². The van der Waals surface area contributed by atoms with Crippen LogP contribution >= 0.6 is 0 Å². The van der Waals surface area contributed by atoms with Crippen LogP contribution < -0.4 is 10.6 Å². The fourth-order valence-corrected chi connectivity index (χ4v) is 2.25. The lowest BCUT2D eigenvalue weighted by Crippen LogP contribution is -2.35. The van der Waals surface area contributed by atoms with Crippen molar-refractivity contribution >= 4 is 23.6 Å². The molecule has 0 aliphatic rings. The number of benzene rings is 2. The Hall–Kier alpha value is -3.52. The monoisotopic (exact) mass is 369 g/mol. The molecule has 2 aromatic carbocycles. The Morgan fingerprint density at radius 1 is 1.07 bits per heavy atom. The van der Waals surface area contributed by atoms with Crippen LogP contribution in [0.15, 0.2) is 60.3 Å². The van der Waals surface area contributed by atoms with Gasteiger partial charge in [0.15, 0.2) is 0 Å². The summed E-state index contributed by atoms with van der Waals surface area (Å²) in [7, 11) is 0. The average Bonchev–Trinajstić information content (AvgIpc) is 2.68. The fourth-order valence-electron chi connectivity index (χ4n) is 2.25. The maximum Gasteiger partial charge on any atom is 0.276 e. The van der Waals surface area contributed by atoms with Gasteiger partial charge in [-0.15, -0.1) is 0 Å². The van der Waals surface area contributed by atoms with Crippen LogP contribution in [-0.4, -0.2) is 35.0 Å². The molecule has 0 aromatic heterocycles. The molecule has 0 saturated carbocycles. The summed E-state index contributed by atoms with van der Waals surface area (Å²) < 4.78 is 0. The zero-order chi connectivity index (χ0) is 19.6. The Bertz CT molecular complexity index is 849. The van der Waals surface area contributed by atoms with Crippen LogP contribution in [0.1, 0.15) is 22.3 Å². The second-order valence-corrected chi connectivity index (χ2v) is 5.53. The van der Waals surface area contributed by atoms with Gasteiger partial charge in [-0.25, -0.2) is 0 Å². The number of hydrogen-bond donors (Lipinski definition) is 3. The van der Waals surface area contributed by atoms with E-state index in [4.69, 9.17) is 5.11 Å². The summed E-state index contributed by atoms with van der Waals surface area (Å²) in [6, 6.07) is 14.2. The zero-order valence-electron chi connectivity index (χ0n) is 14.4. The maximum atomic E-state index is 12.4. The molecule has 2 rings (SSSR count). The molecule has 0 aliphatic heterocycles. The van der Waals surface area contributed by atoms with E-state index < -0.39 is 16.7 Å². The highest BCUT2D eigenvalue weighted by molar-refractivity contribution is 6.05. The summed E-state index contributed by atoms with van der Waals surface area (Å²) >= 11 is 0. The molecule has 0 fully saturated rings.